The highest BCUT2D eigenvalue weighted by atomic mass is 19.1. The first kappa shape index (κ1) is 8.64. The molecule has 1 aromatic rings. The van der Waals surface area contributed by atoms with Gasteiger partial charge in [-0.3, -0.25) is 10.1 Å². The van der Waals surface area contributed by atoms with E-state index in [0.717, 1.165) is 0 Å². The molecule has 0 heterocycles. The van der Waals surface area contributed by atoms with Crippen molar-refractivity contribution >= 4 is 5.69 Å². The average molecular weight is 169 g/mol. The summed E-state index contributed by atoms with van der Waals surface area (Å²) in [5, 5.41) is 10.4. The van der Waals surface area contributed by atoms with Crippen molar-refractivity contribution in [3.05, 3.63) is 39.2 Å². The maximum absolute atomic E-state index is 12.8. The second kappa shape index (κ2) is 2.89. The molecule has 1 rings (SSSR count). The third-order valence-electron chi connectivity index (χ3n) is 1.75. The molecule has 0 radical (unpaired) electrons. The first-order valence-corrected chi connectivity index (χ1v) is 3.44. The molecule has 0 fully saturated rings. The van der Waals surface area contributed by atoms with Crippen LogP contribution in [0.15, 0.2) is 12.1 Å². The Morgan fingerprint density at radius 1 is 1.42 bits per heavy atom. The van der Waals surface area contributed by atoms with E-state index in [-0.39, 0.29) is 11.3 Å². The molecule has 4 heteroatoms. The Morgan fingerprint density at radius 3 is 2.42 bits per heavy atom. The molecule has 0 saturated heterocycles. The first-order valence-electron chi connectivity index (χ1n) is 3.44. The molecule has 12 heavy (non-hydrogen) atoms. The molecule has 0 amide bonds. The van der Waals surface area contributed by atoms with E-state index in [1.54, 1.807) is 6.92 Å². The van der Waals surface area contributed by atoms with Crippen molar-refractivity contribution in [2.75, 3.05) is 0 Å². The lowest BCUT2D eigenvalue weighted by Crippen LogP contribution is -1.97. The van der Waals surface area contributed by atoms with Crippen molar-refractivity contribution in [2.24, 2.45) is 0 Å². The van der Waals surface area contributed by atoms with E-state index in [2.05, 4.69) is 0 Å². The van der Waals surface area contributed by atoms with E-state index in [9.17, 15) is 14.5 Å². The highest BCUT2D eigenvalue weighted by Crippen LogP contribution is 2.24. The lowest BCUT2D eigenvalue weighted by atomic mass is 10.1. The molecule has 0 aliphatic carbocycles. The summed E-state index contributed by atoms with van der Waals surface area (Å²) < 4.78 is 12.8. The Hall–Kier alpha value is -1.45. The molecule has 3 nitrogen and oxygen atoms in total. The standard InChI is InChI=1S/C8H8FNO2/c1-5-3-4-7(9)6(2)8(5)10(11)12/h3-4H,1-2H3. The van der Waals surface area contributed by atoms with Gasteiger partial charge >= 0.3 is 0 Å². The van der Waals surface area contributed by atoms with Crippen molar-refractivity contribution in [1.82, 2.24) is 0 Å². The molecule has 0 aromatic heterocycles. The predicted molar refractivity (Wildman–Crippen MR) is 42.5 cm³/mol. The number of benzene rings is 1. The molecule has 0 saturated carbocycles. The van der Waals surface area contributed by atoms with Gasteiger partial charge in [0, 0.05) is 5.56 Å². The van der Waals surface area contributed by atoms with Crippen LogP contribution in [0.4, 0.5) is 10.1 Å². The first-order chi connectivity index (χ1) is 5.54. The summed E-state index contributed by atoms with van der Waals surface area (Å²) in [6.07, 6.45) is 0. The molecule has 0 spiro atoms. The van der Waals surface area contributed by atoms with Crippen LogP contribution in [-0.4, -0.2) is 4.92 Å². The van der Waals surface area contributed by atoms with Crippen LogP contribution in [-0.2, 0) is 0 Å². The Bertz CT molecular complexity index is 336. The lowest BCUT2D eigenvalue weighted by Gasteiger charge is -2.00. The zero-order chi connectivity index (χ0) is 9.30. The van der Waals surface area contributed by atoms with E-state index in [0.29, 0.717) is 5.56 Å². The van der Waals surface area contributed by atoms with Gasteiger partial charge < -0.3 is 0 Å². The number of nitrogens with zero attached hydrogens (tertiary/aromatic N) is 1. The summed E-state index contributed by atoms with van der Waals surface area (Å²) >= 11 is 0. The van der Waals surface area contributed by atoms with Gasteiger partial charge in [-0.15, -0.1) is 0 Å². The summed E-state index contributed by atoms with van der Waals surface area (Å²) in [4.78, 5) is 9.87. The number of hydrogen-bond donors (Lipinski definition) is 0. The Labute approximate surface area is 69.0 Å². The topological polar surface area (TPSA) is 43.1 Å². The van der Waals surface area contributed by atoms with Crippen molar-refractivity contribution in [3.8, 4) is 0 Å². The highest BCUT2D eigenvalue weighted by molar-refractivity contribution is 5.46. The minimum atomic E-state index is -0.562. The molecule has 1 aromatic carbocycles. The fourth-order valence-corrected chi connectivity index (χ4v) is 1.09. The van der Waals surface area contributed by atoms with E-state index < -0.39 is 10.7 Å². The van der Waals surface area contributed by atoms with Crippen molar-refractivity contribution < 1.29 is 9.31 Å². The van der Waals surface area contributed by atoms with Crippen LogP contribution in [0.5, 0.6) is 0 Å². The number of nitro benzene ring substituents is 1. The van der Waals surface area contributed by atoms with Gasteiger partial charge in [-0.2, -0.15) is 0 Å². The highest BCUT2D eigenvalue weighted by Gasteiger charge is 2.16. The molecule has 0 N–H and O–H groups in total. The largest absolute Gasteiger partial charge is 0.278 e. The minimum Gasteiger partial charge on any atom is -0.258 e. The van der Waals surface area contributed by atoms with E-state index in [4.69, 9.17) is 0 Å². The molecule has 0 aliphatic heterocycles. The number of aryl methyl sites for hydroxylation is 1. The lowest BCUT2D eigenvalue weighted by molar-refractivity contribution is -0.386. The van der Waals surface area contributed by atoms with E-state index in [1.807, 2.05) is 0 Å². The van der Waals surface area contributed by atoms with Gasteiger partial charge in [0.2, 0.25) is 0 Å². The Kier molecular flexibility index (Phi) is 2.08. The molecule has 0 bridgehead atoms. The third-order valence-corrected chi connectivity index (χ3v) is 1.75. The van der Waals surface area contributed by atoms with Crippen molar-refractivity contribution in [1.29, 1.82) is 0 Å². The number of nitro groups is 1. The van der Waals surface area contributed by atoms with Crippen LogP contribution in [0.1, 0.15) is 11.1 Å². The van der Waals surface area contributed by atoms with Crippen LogP contribution >= 0.6 is 0 Å². The molecule has 0 unspecified atom stereocenters. The molecule has 0 aliphatic rings. The molecular weight excluding hydrogens is 161 g/mol. The van der Waals surface area contributed by atoms with Gasteiger partial charge in [0.05, 0.1) is 10.5 Å². The summed E-state index contributed by atoms with van der Waals surface area (Å²) in [7, 11) is 0. The minimum absolute atomic E-state index is 0.0972. The molecule has 0 atom stereocenters. The zero-order valence-corrected chi connectivity index (χ0v) is 6.80. The number of halogens is 1. The maximum atomic E-state index is 12.8. The predicted octanol–water partition coefficient (Wildman–Crippen LogP) is 2.35. The smallest absolute Gasteiger partial charge is 0.258 e. The quantitative estimate of drug-likeness (QED) is 0.478. The molecular formula is C8H8FNO2. The second-order valence-electron chi connectivity index (χ2n) is 2.60. The normalized spacial score (nSPS) is 9.92. The number of hydrogen-bond acceptors (Lipinski definition) is 2. The SMILES string of the molecule is Cc1ccc(F)c(C)c1[N+](=O)[O-]. The van der Waals surface area contributed by atoms with Crippen LogP contribution in [0.25, 0.3) is 0 Å². The fourth-order valence-electron chi connectivity index (χ4n) is 1.09. The van der Waals surface area contributed by atoms with Crippen LogP contribution < -0.4 is 0 Å². The van der Waals surface area contributed by atoms with Gasteiger partial charge in [-0.25, -0.2) is 4.39 Å². The average Bonchev–Trinajstić information content (AvgIpc) is 1.97. The summed E-state index contributed by atoms with van der Waals surface area (Å²) in [6, 6.07) is 2.64. The van der Waals surface area contributed by atoms with Crippen LogP contribution in [0.3, 0.4) is 0 Å². The Morgan fingerprint density at radius 2 is 2.00 bits per heavy atom. The zero-order valence-electron chi connectivity index (χ0n) is 6.80. The van der Waals surface area contributed by atoms with E-state index >= 15 is 0 Å². The Balaban J connectivity index is 3.43. The maximum Gasteiger partial charge on any atom is 0.278 e. The van der Waals surface area contributed by atoms with Gasteiger partial charge in [-0.1, -0.05) is 0 Å². The third kappa shape index (κ3) is 1.28. The molecule has 64 valence electrons. The summed E-state index contributed by atoms with van der Waals surface area (Å²) in [6.45, 7) is 2.99. The summed E-state index contributed by atoms with van der Waals surface area (Å²) in [5.74, 6) is -0.535. The second-order valence-corrected chi connectivity index (χ2v) is 2.60. The van der Waals surface area contributed by atoms with Crippen molar-refractivity contribution in [2.45, 2.75) is 13.8 Å². The number of rotatable bonds is 1. The van der Waals surface area contributed by atoms with Gasteiger partial charge in [0.15, 0.2) is 0 Å². The van der Waals surface area contributed by atoms with Gasteiger partial charge in [0.25, 0.3) is 5.69 Å². The van der Waals surface area contributed by atoms with Crippen LogP contribution in [0, 0.1) is 29.8 Å². The summed E-state index contributed by atoms with van der Waals surface area (Å²) in [5.41, 5.74) is 0.453. The van der Waals surface area contributed by atoms with Crippen molar-refractivity contribution in [3.63, 3.8) is 0 Å². The van der Waals surface area contributed by atoms with Gasteiger partial charge in [0.1, 0.15) is 5.82 Å². The van der Waals surface area contributed by atoms with Crippen LogP contribution in [0.2, 0.25) is 0 Å². The fraction of sp³-hybridized carbons (Fsp3) is 0.250. The monoisotopic (exact) mass is 169 g/mol. The van der Waals surface area contributed by atoms with Gasteiger partial charge in [-0.05, 0) is 26.0 Å². The van der Waals surface area contributed by atoms with E-state index in [1.165, 1.54) is 19.1 Å².